The second-order valence-electron chi connectivity index (χ2n) is 6.10. The molecule has 0 bridgehead atoms. The van der Waals surface area contributed by atoms with Crippen molar-refractivity contribution in [2.45, 2.75) is 58.0 Å². The maximum atomic E-state index is 5.94. The Hall–Kier alpha value is -1.55. The van der Waals surface area contributed by atoms with Gasteiger partial charge >= 0.3 is 0 Å². The highest BCUT2D eigenvalue weighted by Crippen LogP contribution is 2.20. The van der Waals surface area contributed by atoms with Crippen molar-refractivity contribution in [3.63, 3.8) is 0 Å². The lowest BCUT2D eigenvalue weighted by molar-refractivity contribution is 0.0129. The summed E-state index contributed by atoms with van der Waals surface area (Å²) in [6.07, 6.45) is 6.08. The summed E-state index contributed by atoms with van der Waals surface area (Å²) in [5.41, 5.74) is 8.29. The van der Waals surface area contributed by atoms with Crippen LogP contribution >= 0.6 is 0 Å². The van der Waals surface area contributed by atoms with Crippen molar-refractivity contribution in [3.05, 3.63) is 29.8 Å². The minimum atomic E-state index is 0.361. The molecule has 1 aliphatic heterocycles. The molecule has 4 nitrogen and oxygen atoms in total. The molecule has 22 heavy (non-hydrogen) atoms. The summed E-state index contributed by atoms with van der Waals surface area (Å²) in [5.74, 6) is 1.07. The molecular weight excluding hydrogens is 274 g/mol. The first-order valence-corrected chi connectivity index (χ1v) is 8.47. The molecule has 1 aliphatic rings. The molecular formula is C18H29N3O. The van der Waals surface area contributed by atoms with Gasteiger partial charge in [0.2, 0.25) is 0 Å². The van der Waals surface area contributed by atoms with Crippen LogP contribution in [0.1, 0.15) is 57.4 Å². The van der Waals surface area contributed by atoms with E-state index in [1.54, 1.807) is 0 Å². The normalized spacial score (nSPS) is 20.6. The van der Waals surface area contributed by atoms with Crippen molar-refractivity contribution in [2.24, 2.45) is 10.7 Å². The number of nitrogens with zero attached hydrogens (tertiary/aromatic N) is 1. The number of nitrogens with two attached hydrogens (primary N) is 1. The van der Waals surface area contributed by atoms with E-state index in [-0.39, 0.29) is 0 Å². The van der Waals surface area contributed by atoms with Crippen LogP contribution in [-0.2, 0) is 4.74 Å². The van der Waals surface area contributed by atoms with Gasteiger partial charge in [-0.15, -0.1) is 0 Å². The van der Waals surface area contributed by atoms with Crippen LogP contribution in [0.2, 0.25) is 0 Å². The number of hydrogen-bond donors (Lipinski definition) is 2. The van der Waals surface area contributed by atoms with Gasteiger partial charge in [-0.2, -0.15) is 0 Å². The lowest BCUT2D eigenvalue weighted by Crippen LogP contribution is -2.24. The number of benzene rings is 1. The second-order valence-corrected chi connectivity index (χ2v) is 6.10. The smallest absolute Gasteiger partial charge is 0.193 e. The summed E-state index contributed by atoms with van der Waals surface area (Å²) < 4.78 is 5.69. The first-order valence-electron chi connectivity index (χ1n) is 8.47. The van der Waals surface area contributed by atoms with Crippen LogP contribution in [0.25, 0.3) is 0 Å². The van der Waals surface area contributed by atoms with Gasteiger partial charge in [-0.25, -0.2) is 0 Å². The van der Waals surface area contributed by atoms with Gasteiger partial charge in [0.15, 0.2) is 5.96 Å². The van der Waals surface area contributed by atoms with E-state index in [1.165, 1.54) is 18.4 Å². The number of ether oxygens (including phenoxy) is 1. The zero-order valence-corrected chi connectivity index (χ0v) is 13.8. The highest BCUT2D eigenvalue weighted by Gasteiger charge is 2.12. The minimum Gasteiger partial charge on any atom is -0.378 e. The van der Waals surface area contributed by atoms with E-state index in [0.29, 0.717) is 24.5 Å². The number of nitrogens with one attached hydrogen (secondary N) is 1. The zero-order chi connectivity index (χ0) is 15.8. The molecule has 2 atom stereocenters. The Morgan fingerprint density at radius 1 is 1.36 bits per heavy atom. The Morgan fingerprint density at radius 3 is 2.77 bits per heavy atom. The third-order valence-corrected chi connectivity index (χ3v) is 4.37. The molecule has 0 aliphatic carbocycles. The molecule has 1 heterocycles. The van der Waals surface area contributed by atoms with Crippen LogP contribution in [0.4, 0.5) is 5.69 Å². The van der Waals surface area contributed by atoms with E-state index in [0.717, 1.165) is 31.6 Å². The summed E-state index contributed by atoms with van der Waals surface area (Å²) in [5, 5.41) is 3.15. The van der Waals surface area contributed by atoms with Crippen LogP contribution in [-0.4, -0.2) is 25.2 Å². The molecule has 1 aromatic carbocycles. The van der Waals surface area contributed by atoms with Gasteiger partial charge in [0.1, 0.15) is 0 Å². The monoisotopic (exact) mass is 303 g/mol. The molecule has 3 N–H and O–H groups in total. The number of aliphatic imine (C=N–C) groups is 1. The number of anilines is 1. The Balaban J connectivity index is 1.77. The van der Waals surface area contributed by atoms with Crippen LogP contribution in [0, 0.1) is 0 Å². The summed E-state index contributed by atoms with van der Waals surface area (Å²) in [7, 11) is 0. The van der Waals surface area contributed by atoms with Gasteiger partial charge in [-0.05, 0) is 55.7 Å². The molecule has 0 aromatic heterocycles. The molecule has 0 spiro atoms. The fraction of sp³-hybridized carbons (Fsp3) is 0.611. The van der Waals surface area contributed by atoms with E-state index in [9.17, 15) is 0 Å². The van der Waals surface area contributed by atoms with Crippen LogP contribution in [0.3, 0.4) is 0 Å². The average Bonchev–Trinajstić information content (AvgIpc) is 2.56. The van der Waals surface area contributed by atoms with Crippen LogP contribution < -0.4 is 11.1 Å². The Kier molecular flexibility index (Phi) is 6.72. The highest BCUT2D eigenvalue weighted by molar-refractivity contribution is 5.92. The quantitative estimate of drug-likeness (QED) is 0.619. The van der Waals surface area contributed by atoms with Crippen molar-refractivity contribution < 1.29 is 4.74 Å². The van der Waals surface area contributed by atoms with Crippen molar-refractivity contribution in [3.8, 4) is 0 Å². The van der Waals surface area contributed by atoms with Gasteiger partial charge in [0.25, 0.3) is 0 Å². The maximum absolute atomic E-state index is 5.94. The standard InChI is InChI=1S/C18H29N3O/c1-3-14(2)15-7-9-16(10-8-15)21-18(19)20-12-11-17-6-4-5-13-22-17/h7-10,14,17H,3-6,11-13H2,1-2H3,(H3,19,20,21). The summed E-state index contributed by atoms with van der Waals surface area (Å²) in [6, 6.07) is 8.43. The predicted octanol–water partition coefficient (Wildman–Crippen LogP) is 3.89. The average molecular weight is 303 g/mol. The Morgan fingerprint density at radius 2 is 2.14 bits per heavy atom. The van der Waals surface area contributed by atoms with E-state index in [1.807, 2.05) is 0 Å². The van der Waals surface area contributed by atoms with Gasteiger partial charge in [-0.1, -0.05) is 26.0 Å². The second kappa shape index (κ2) is 8.79. The van der Waals surface area contributed by atoms with E-state index in [2.05, 4.69) is 48.4 Å². The molecule has 0 amide bonds. The number of guanidine groups is 1. The minimum absolute atomic E-state index is 0.361. The molecule has 2 unspecified atom stereocenters. The van der Waals surface area contributed by atoms with Gasteiger partial charge in [0, 0.05) is 18.8 Å². The molecule has 0 saturated carbocycles. The van der Waals surface area contributed by atoms with Crippen molar-refractivity contribution in [1.29, 1.82) is 0 Å². The molecule has 2 rings (SSSR count). The Bertz CT molecular complexity index is 464. The first kappa shape index (κ1) is 16.8. The fourth-order valence-corrected chi connectivity index (χ4v) is 2.68. The SMILES string of the molecule is CCC(C)c1ccc(NC(N)=NCCC2CCCCO2)cc1. The largest absolute Gasteiger partial charge is 0.378 e. The molecule has 1 fully saturated rings. The number of rotatable bonds is 6. The maximum Gasteiger partial charge on any atom is 0.193 e. The lowest BCUT2D eigenvalue weighted by atomic mass is 9.99. The third-order valence-electron chi connectivity index (χ3n) is 4.37. The topological polar surface area (TPSA) is 59.6 Å². The Labute approximate surface area is 134 Å². The van der Waals surface area contributed by atoms with Crippen LogP contribution in [0.15, 0.2) is 29.3 Å². The zero-order valence-electron chi connectivity index (χ0n) is 13.8. The van der Waals surface area contributed by atoms with Crippen molar-refractivity contribution in [2.75, 3.05) is 18.5 Å². The number of hydrogen-bond acceptors (Lipinski definition) is 2. The highest BCUT2D eigenvalue weighted by atomic mass is 16.5. The summed E-state index contributed by atoms with van der Waals surface area (Å²) in [6.45, 7) is 6.06. The van der Waals surface area contributed by atoms with Gasteiger partial charge < -0.3 is 15.8 Å². The third kappa shape index (κ3) is 5.34. The van der Waals surface area contributed by atoms with Crippen LogP contribution in [0.5, 0.6) is 0 Å². The summed E-state index contributed by atoms with van der Waals surface area (Å²) in [4.78, 5) is 4.39. The van der Waals surface area contributed by atoms with Crippen molar-refractivity contribution >= 4 is 11.6 Å². The predicted molar refractivity (Wildman–Crippen MR) is 93.5 cm³/mol. The molecule has 4 heteroatoms. The lowest BCUT2D eigenvalue weighted by Gasteiger charge is -2.21. The van der Waals surface area contributed by atoms with Crippen molar-refractivity contribution in [1.82, 2.24) is 0 Å². The summed E-state index contributed by atoms with van der Waals surface area (Å²) >= 11 is 0. The van der Waals surface area contributed by atoms with E-state index >= 15 is 0 Å². The first-order chi connectivity index (χ1) is 10.7. The molecule has 0 radical (unpaired) electrons. The fourth-order valence-electron chi connectivity index (χ4n) is 2.68. The van der Waals surface area contributed by atoms with E-state index < -0.39 is 0 Å². The molecule has 1 aromatic rings. The van der Waals surface area contributed by atoms with Gasteiger partial charge in [-0.3, -0.25) is 4.99 Å². The molecule has 1 saturated heterocycles. The van der Waals surface area contributed by atoms with E-state index in [4.69, 9.17) is 10.5 Å². The van der Waals surface area contributed by atoms with Gasteiger partial charge in [0.05, 0.1) is 6.10 Å². The molecule has 122 valence electrons.